The zero-order chi connectivity index (χ0) is 16.8. The number of hydrogen-bond acceptors (Lipinski definition) is 5. The largest absolute Gasteiger partial charge is 0.481 e. The van der Waals surface area contributed by atoms with E-state index in [0.29, 0.717) is 18.0 Å². The second-order valence-corrected chi connectivity index (χ2v) is 6.08. The van der Waals surface area contributed by atoms with Gasteiger partial charge in [0.2, 0.25) is 0 Å². The normalized spacial score (nSPS) is 10.5. The fourth-order valence-electron chi connectivity index (χ4n) is 1.95. The van der Waals surface area contributed by atoms with Crippen molar-refractivity contribution in [3.8, 4) is 5.69 Å². The van der Waals surface area contributed by atoms with Crippen LogP contribution in [0.25, 0.3) is 5.69 Å². The van der Waals surface area contributed by atoms with Gasteiger partial charge in [-0.15, -0.1) is 16.9 Å². The van der Waals surface area contributed by atoms with Gasteiger partial charge in [-0.05, 0) is 26.0 Å². The maximum atomic E-state index is 12.1. The number of carbonyl (C=O) groups is 2. The van der Waals surface area contributed by atoms with E-state index in [4.69, 9.17) is 5.11 Å². The topological polar surface area (TPSA) is 97.1 Å². The van der Waals surface area contributed by atoms with Crippen molar-refractivity contribution in [2.24, 2.45) is 0 Å². The van der Waals surface area contributed by atoms with Gasteiger partial charge < -0.3 is 10.4 Å². The molecule has 0 fully saturated rings. The van der Waals surface area contributed by atoms with Gasteiger partial charge in [-0.2, -0.15) is 0 Å². The first-order valence-corrected chi connectivity index (χ1v) is 8.21. The molecule has 0 bridgehead atoms. The van der Waals surface area contributed by atoms with Crippen molar-refractivity contribution in [2.75, 3.05) is 18.1 Å². The molecule has 1 aromatic heterocycles. The summed E-state index contributed by atoms with van der Waals surface area (Å²) in [6, 6.07) is 7.77. The Bertz CT molecular complexity index is 697. The second-order valence-electron chi connectivity index (χ2n) is 4.97. The first-order valence-electron chi connectivity index (χ1n) is 7.06. The average molecular weight is 334 g/mol. The number of nitrogens with one attached hydrogen (secondary N) is 1. The Kier molecular flexibility index (Phi) is 5.75. The second kappa shape index (κ2) is 7.77. The molecule has 2 rings (SSSR count). The van der Waals surface area contributed by atoms with E-state index >= 15 is 0 Å². The summed E-state index contributed by atoms with van der Waals surface area (Å²) in [4.78, 5) is 22.5. The third kappa shape index (κ3) is 4.56. The van der Waals surface area contributed by atoms with E-state index in [1.165, 1.54) is 11.8 Å². The number of rotatable bonds is 7. The van der Waals surface area contributed by atoms with Crippen LogP contribution in [0, 0.1) is 13.8 Å². The van der Waals surface area contributed by atoms with Crippen LogP contribution in [0.15, 0.2) is 24.3 Å². The summed E-state index contributed by atoms with van der Waals surface area (Å²) < 4.78 is 1.62. The SMILES string of the molecule is Cc1ccc(-n2nnc(C(=O)NCCSCC(=O)O)c2C)cc1. The molecular weight excluding hydrogens is 316 g/mol. The first kappa shape index (κ1) is 17.0. The number of benzene rings is 1. The van der Waals surface area contributed by atoms with Gasteiger partial charge in [-0.25, -0.2) is 4.68 Å². The molecule has 0 saturated heterocycles. The van der Waals surface area contributed by atoms with Crippen molar-refractivity contribution in [2.45, 2.75) is 13.8 Å². The molecule has 2 aromatic rings. The van der Waals surface area contributed by atoms with Gasteiger partial charge >= 0.3 is 5.97 Å². The summed E-state index contributed by atoms with van der Waals surface area (Å²) in [5, 5.41) is 19.2. The van der Waals surface area contributed by atoms with Crippen LogP contribution in [0.2, 0.25) is 0 Å². The number of carbonyl (C=O) groups excluding carboxylic acids is 1. The number of amides is 1. The van der Waals surface area contributed by atoms with Crippen LogP contribution in [0.3, 0.4) is 0 Å². The number of aliphatic carboxylic acids is 1. The quantitative estimate of drug-likeness (QED) is 0.744. The summed E-state index contributed by atoms with van der Waals surface area (Å²) >= 11 is 1.25. The molecule has 0 saturated carbocycles. The number of hydrogen-bond donors (Lipinski definition) is 2. The summed E-state index contributed by atoms with van der Waals surface area (Å²) in [5.41, 5.74) is 2.92. The minimum Gasteiger partial charge on any atom is -0.481 e. The Morgan fingerprint density at radius 3 is 2.61 bits per heavy atom. The van der Waals surface area contributed by atoms with Crippen LogP contribution in [0.5, 0.6) is 0 Å². The number of thioether (sulfide) groups is 1. The average Bonchev–Trinajstić information content (AvgIpc) is 2.89. The lowest BCUT2D eigenvalue weighted by Gasteiger charge is -2.05. The molecule has 7 nitrogen and oxygen atoms in total. The molecule has 0 aliphatic heterocycles. The monoisotopic (exact) mass is 334 g/mol. The Morgan fingerprint density at radius 1 is 1.26 bits per heavy atom. The summed E-state index contributed by atoms with van der Waals surface area (Å²) in [6.07, 6.45) is 0. The number of carboxylic acids is 1. The Hall–Kier alpha value is -2.35. The van der Waals surface area contributed by atoms with Crippen molar-refractivity contribution in [3.63, 3.8) is 0 Å². The lowest BCUT2D eigenvalue weighted by Crippen LogP contribution is -2.27. The van der Waals surface area contributed by atoms with Crippen LogP contribution < -0.4 is 5.32 Å². The van der Waals surface area contributed by atoms with Crippen LogP contribution >= 0.6 is 11.8 Å². The predicted octanol–water partition coefficient (Wildman–Crippen LogP) is 1.43. The number of carboxylic acid groups (broad SMARTS) is 1. The molecule has 8 heteroatoms. The van der Waals surface area contributed by atoms with Crippen LogP contribution in [0.1, 0.15) is 21.7 Å². The van der Waals surface area contributed by atoms with Gasteiger partial charge in [0.1, 0.15) is 0 Å². The fraction of sp³-hybridized carbons (Fsp3) is 0.333. The van der Waals surface area contributed by atoms with Crippen molar-refractivity contribution >= 4 is 23.6 Å². The van der Waals surface area contributed by atoms with Gasteiger partial charge in [0, 0.05) is 12.3 Å². The van der Waals surface area contributed by atoms with E-state index < -0.39 is 5.97 Å². The summed E-state index contributed by atoms with van der Waals surface area (Å²) in [5.74, 6) is -0.614. The highest BCUT2D eigenvalue weighted by molar-refractivity contribution is 7.99. The maximum absolute atomic E-state index is 12.1. The highest BCUT2D eigenvalue weighted by Gasteiger charge is 2.16. The van der Waals surface area contributed by atoms with Crippen molar-refractivity contribution < 1.29 is 14.7 Å². The Labute approximate surface area is 138 Å². The lowest BCUT2D eigenvalue weighted by atomic mass is 10.2. The van der Waals surface area contributed by atoms with Crippen LogP contribution in [0.4, 0.5) is 0 Å². The third-order valence-electron chi connectivity index (χ3n) is 3.15. The molecule has 0 aliphatic rings. The van der Waals surface area contributed by atoms with Crippen molar-refractivity contribution in [1.82, 2.24) is 20.3 Å². The molecule has 0 atom stereocenters. The van der Waals surface area contributed by atoms with Gasteiger partial charge in [0.15, 0.2) is 5.69 Å². The molecule has 1 aromatic carbocycles. The molecular formula is C15H18N4O3S. The number of aryl methyl sites for hydroxylation is 1. The molecule has 122 valence electrons. The van der Waals surface area contributed by atoms with Gasteiger partial charge in [0.05, 0.1) is 17.1 Å². The molecule has 1 heterocycles. The summed E-state index contributed by atoms with van der Waals surface area (Å²) in [7, 11) is 0. The highest BCUT2D eigenvalue weighted by Crippen LogP contribution is 2.13. The van der Waals surface area contributed by atoms with E-state index in [9.17, 15) is 9.59 Å². The highest BCUT2D eigenvalue weighted by atomic mass is 32.2. The molecule has 1 amide bonds. The van der Waals surface area contributed by atoms with Crippen LogP contribution in [-0.2, 0) is 4.79 Å². The summed E-state index contributed by atoms with van der Waals surface area (Å²) in [6.45, 7) is 4.17. The minimum atomic E-state index is -0.863. The van der Waals surface area contributed by atoms with Gasteiger partial charge in [-0.3, -0.25) is 9.59 Å². The molecule has 0 radical (unpaired) electrons. The van der Waals surface area contributed by atoms with E-state index in [-0.39, 0.29) is 17.4 Å². The number of nitrogens with zero attached hydrogens (tertiary/aromatic N) is 3. The zero-order valence-electron chi connectivity index (χ0n) is 12.9. The van der Waals surface area contributed by atoms with E-state index in [2.05, 4.69) is 15.6 Å². The molecule has 0 unspecified atom stereocenters. The first-order chi connectivity index (χ1) is 11.0. The third-order valence-corrected chi connectivity index (χ3v) is 4.09. The minimum absolute atomic E-state index is 0.0263. The molecule has 0 spiro atoms. The van der Waals surface area contributed by atoms with Gasteiger partial charge in [-0.1, -0.05) is 22.9 Å². The van der Waals surface area contributed by atoms with E-state index in [0.717, 1.165) is 11.3 Å². The predicted molar refractivity (Wildman–Crippen MR) is 88.1 cm³/mol. The van der Waals surface area contributed by atoms with Crippen LogP contribution in [-0.4, -0.2) is 50.0 Å². The number of aromatic nitrogens is 3. The van der Waals surface area contributed by atoms with E-state index in [1.807, 2.05) is 31.2 Å². The lowest BCUT2D eigenvalue weighted by molar-refractivity contribution is -0.133. The molecule has 2 N–H and O–H groups in total. The smallest absolute Gasteiger partial charge is 0.313 e. The Morgan fingerprint density at radius 2 is 1.96 bits per heavy atom. The zero-order valence-corrected chi connectivity index (χ0v) is 13.8. The van der Waals surface area contributed by atoms with Crippen molar-refractivity contribution in [3.05, 3.63) is 41.2 Å². The maximum Gasteiger partial charge on any atom is 0.313 e. The van der Waals surface area contributed by atoms with Crippen molar-refractivity contribution in [1.29, 1.82) is 0 Å². The van der Waals surface area contributed by atoms with E-state index in [1.54, 1.807) is 11.6 Å². The fourth-order valence-corrected chi connectivity index (χ4v) is 2.52. The molecule has 23 heavy (non-hydrogen) atoms. The standard InChI is InChI=1S/C15H18N4O3S/c1-10-3-5-12(6-4-10)19-11(2)14(17-18-19)15(22)16-7-8-23-9-13(20)21/h3-6H,7-9H2,1-2H3,(H,16,22)(H,20,21). The Balaban J connectivity index is 1.97. The van der Waals surface area contributed by atoms with Gasteiger partial charge in [0.25, 0.3) is 5.91 Å². The molecule has 0 aliphatic carbocycles.